The Hall–Kier alpha value is -3.02. The third kappa shape index (κ3) is 6.51. The number of para-hydroxylation sites is 1. The molecule has 0 aliphatic carbocycles. The molecule has 2 rings (SSSR count). The number of aromatic hydroxyl groups is 2. The molecule has 6 heteroatoms. The van der Waals surface area contributed by atoms with Crippen molar-refractivity contribution in [2.45, 2.75) is 52.4 Å². The third-order valence-electron chi connectivity index (χ3n) is 4.55. The van der Waals surface area contributed by atoms with Crippen LogP contribution in [0, 0.1) is 0 Å². The lowest BCUT2D eigenvalue weighted by Gasteiger charge is -2.26. The molecule has 0 heterocycles. The number of phenolic OH excluding ortho intramolecular Hbond substituents is 2. The Labute approximate surface area is 178 Å². The van der Waals surface area contributed by atoms with Crippen molar-refractivity contribution in [3.8, 4) is 11.5 Å². The Kier molecular flexibility index (Phi) is 7.48. The fraction of sp³-hybridized carbons (Fsp3) is 0.417. The van der Waals surface area contributed by atoms with Crippen molar-refractivity contribution in [1.82, 2.24) is 0 Å². The first-order chi connectivity index (χ1) is 14.0. The van der Waals surface area contributed by atoms with Gasteiger partial charge in [-0.25, -0.2) is 0 Å². The second-order valence-corrected chi connectivity index (χ2v) is 9.16. The predicted octanol–water partition coefficient (Wildman–Crippen LogP) is 5.09. The van der Waals surface area contributed by atoms with E-state index >= 15 is 0 Å². The van der Waals surface area contributed by atoms with Gasteiger partial charge in [0.05, 0.1) is 12.4 Å². The minimum Gasteiger partial charge on any atom is -0.507 e. The van der Waals surface area contributed by atoms with Gasteiger partial charge >= 0.3 is 0 Å². The van der Waals surface area contributed by atoms with E-state index in [1.165, 1.54) is 12.4 Å². The lowest BCUT2D eigenvalue weighted by Crippen LogP contribution is -2.17. The summed E-state index contributed by atoms with van der Waals surface area (Å²) >= 11 is 0. The van der Waals surface area contributed by atoms with Gasteiger partial charge in [0.1, 0.15) is 11.5 Å². The normalized spacial score (nSPS) is 12.6. The zero-order valence-electron chi connectivity index (χ0n) is 18.6. The summed E-state index contributed by atoms with van der Waals surface area (Å²) in [4.78, 5) is 10.3. The zero-order valence-corrected chi connectivity index (χ0v) is 18.6. The Balaban J connectivity index is 1.96. The number of oxime groups is 2. The molecule has 0 radical (unpaired) electrons. The van der Waals surface area contributed by atoms with E-state index in [2.05, 4.69) is 57.9 Å². The summed E-state index contributed by atoms with van der Waals surface area (Å²) < 4.78 is 0. The summed E-state index contributed by atoms with van der Waals surface area (Å²) in [6.07, 6.45) is 2.95. The second-order valence-electron chi connectivity index (χ2n) is 9.16. The number of hydrogen-bond acceptors (Lipinski definition) is 6. The van der Waals surface area contributed by atoms with Crippen molar-refractivity contribution in [3.05, 3.63) is 58.7 Å². The Morgan fingerprint density at radius 2 is 1.37 bits per heavy atom. The van der Waals surface area contributed by atoms with Crippen LogP contribution in [0.25, 0.3) is 0 Å². The molecule has 0 saturated heterocycles. The predicted molar refractivity (Wildman–Crippen MR) is 121 cm³/mol. The van der Waals surface area contributed by atoms with Crippen LogP contribution in [0.2, 0.25) is 0 Å². The maximum absolute atomic E-state index is 10.7. The van der Waals surface area contributed by atoms with Crippen LogP contribution in [-0.4, -0.2) is 35.9 Å². The molecule has 162 valence electrons. The fourth-order valence-corrected chi connectivity index (χ4v) is 2.72. The van der Waals surface area contributed by atoms with Crippen LogP contribution in [0.1, 0.15) is 63.8 Å². The molecule has 0 fully saturated rings. The first-order valence-electron chi connectivity index (χ1n) is 9.97. The van der Waals surface area contributed by atoms with Crippen molar-refractivity contribution in [3.63, 3.8) is 0 Å². The summed E-state index contributed by atoms with van der Waals surface area (Å²) in [5.74, 6) is 0.351. The summed E-state index contributed by atoms with van der Waals surface area (Å²) in [5.41, 5.74) is 2.92. The van der Waals surface area contributed by atoms with E-state index in [1.807, 2.05) is 6.07 Å². The average molecular weight is 413 g/mol. The molecule has 0 spiro atoms. The largest absolute Gasteiger partial charge is 0.507 e. The molecule has 2 N–H and O–H groups in total. The van der Waals surface area contributed by atoms with E-state index in [0.29, 0.717) is 11.1 Å². The van der Waals surface area contributed by atoms with Crippen LogP contribution >= 0.6 is 0 Å². The second kappa shape index (κ2) is 9.65. The summed E-state index contributed by atoms with van der Waals surface area (Å²) in [6.45, 7) is 13.0. The SMILES string of the molecule is CC(C)(C)c1cc(/C=N/OCCO/N=C/c2ccccc2O)c(O)c(C(C)(C)C)c1. The molecule has 0 aliphatic rings. The summed E-state index contributed by atoms with van der Waals surface area (Å²) in [6, 6.07) is 10.8. The van der Waals surface area contributed by atoms with Crippen LogP contribution in [0.15, 0.2) is 46.7 Å². The van der Waals surface area contributed by atoms with Gasteiger partial charge in [0, 0.05) is 16.7 Å². The molecule has 30 heavy (non-hydrogen) atoms. The maximum Gasteiger partial charge on any atom is 0.153 e. The molecule has 0 aromatic heterocycles. The van der Waals surface area contributed by atoms with E-state index in [-0.39, 0.29) is 35.5 Å². The van der Waals surface area contributed by atoms with Gasteiger partial charge in [0.25, 0.3) is 0 Å². The van der Waals surface area contributed by atoms with Crippen molar-refractivity contribution >= 4 is 12.4 Å². The number of phenols is 2. The molecular weight excluding hydrogens is 380 g/mol. The Morgan fingerprint density at radius 3 is 1.90 bits per heavy atom. The minimum atomic E-state index is -0.201. The molecule has 0 bridgehead atoms. The van der Waals surface area contributed by atoms with Crippen LogP contribution in [0.4, 0.5) is 0 Å². The standard InChI is InChI=1S/C24H32N2O4/c1-23(2,3)19-13-18(22(28)20(14-19)24(4,5)6)16-26-30-12-11-29-25-15-17-9-7-8-10-21(17)27/h7-10,13-16,27-28H,11-12H2,1-6H3/b25-15+,26-16+. The monoisotopic (exact) mass is 412 g/mol. The highest BCUT2D eigenvalue weighted by Crippen LogP contribution is 2.37. The number of rotatable bonds is 7. The van der Waals surface area contributed by atoms with E-state index in [0.717, 1.165) is 11.1 Å². The van der Waals surface area contributed by atoms with Gasteiger partial charge in [-0.3, -0.25) is 0 Å². The van der Waals surface area contributed by atoms with Gasteiger partial charge in [-0.1, -0.05) is 70.1 Å². The molecule has 0 unspecified atom stereocenters. The lowest BCUT2D eigenvalue weighted by atomic mass is 9.79. The van der Waals surface area contributed by atoms with Crippen molar-refractivity contribution < 1.29 is 19.9 Å². The van der Waals surface area contributed by atoms with Crippen LogP contribution < -0.4 is 0 Å². The van der Waals surface area contributed by atoms with Crippen molar-refractivity contribution in [2.24, 2.45) is 10.3 Å². The maximum atomic E-state index is 10.7. The Morgan fingerprint density at radius 1 is 0.800 bits per heavy atom. The van der Waals surface area contributed by atoms with Crippen LogP contribution in [-0.2, 0) is 20.5 Å². The van der Waals surface area contributed by atoms with Gasteiger partial charge in [0.2, 0.25) is 0 Å². The highest BCUT2D eigenvalue weighted by molar-refractivity contribution is 5.84. The minimum absolute atomic E-state index is 0.0593. The summed E-state index contributed by atoms with van der Waals surface area (Å²) in [7, 11) is 0. The summed E-state index contributed by atoms with van der Waals surface area (Å²) in [5, 5.41) is 28.1. The van der Waals surface area contributed by atoms with E-state index < -0.39 is 0 Å². The molecular formula is C24H32N2O4. The van der Waals surface area contributed by atoms with Crippen molar-refractivity contribution in [1.29, 1.82) is 0 Å². The first kappa shape index (κ1) is 23.3. The van der Waals surface area contributed by atoms with E-state index in [9.17, 15) is 10.2 Å². The van der Waals surface area contributed by atoms with Crippen LogP contribution in [0.3, 0.4) is 0 Å². The van der Waals surface area contributed by atoms with Gasteiger partial charge in [-0.15, -0.1) is 0 Å². The van der Waals surface area contributed by atoms with E-state index in [4.69, 9.17) is 9.68 Å². The molecule has 2 aromatic carbocycles. The molecule has 0 saturated carbocycles. The average Bonchev–Trinajstić information content (AvgIpc) is 2.64. The fourth-order valence-electron chi connectivity index (χ4n) is 2.72. The zero-order chi connectivity index (χ0) is 22.4. The molecule has 0 atom stereocenters. The highest BCUT2D eigenvalue weighted by atomic mass is 16.7. The van der Waals surface area contributed by atoms with Crippen molar-refractivity contribution in [2.75, 3.05) is 13.2 Å². The Bertz CT molecular complexity index is 906. The van der Waals surface area contributed by atoms with E-state index in [1.54, 1.807) is 24.3 Å². The number of hydrogen-bond donors (Lipinski definition) is 2. The lowest BCUT2D eigenvalue weighted by molar-refractivity contribution is 0.0553. The molecule has 0 amide bonds. The molecule has 6 nitrogen and oxygen atoms in total. The smallest absolute Gasteiger partial charge is 0.153 e. The topological polar surface area (TPSA) is 83.6 Å². The molecule has 2 aromatic rings. The first-order valence-corrected chi connectivity index (χ1v) is 9.97. The third-order valence-corrected chi connectivity index (χ3v) is 4.55. The number of benzene rings is 2. The van der Waals surface area contributed by atoms with Gasteiger partial charge < -0.3 is 19.9 Å². The van der Waals surface area contributed by atoms with Crippen LogP contribution in [0.5, 0.6) is 11.5 Å². The number of nitrogens with zero attached hydrogens (tertiary/aromatic N) is 2. The highest BCUT2D eigenvalue weighted by Gasteiger charge is 2.24. The van der Waals surface area contributed by atoms with Gasteiger partial charge in [-0.2, -0.15) is 0 Å². The quantitative estimate of drug-likeness (QED) is 0.377. The van der Waals surface area contributed by atoms with Gasteiger partial charge in [-0.05, 0) is 34.6 Å². The molecule has 0 aliphatic heterocycles. The van der Waals surface area contributed by atoms with Gasteiger partial charge in [0.15, 0.2) is 13.2 Å².